The largest absolute Gasteiger partial charge is 0.459 e. The summed E-state index contributed by atoms with van der Waals surface area (Å²) in [4.78, 5) is 30.2. The van der Waals surface area contributed by atoms with Gasteiger partial charge in [0.1, 0.15) is 54.7 Å². The maximum absolute atomic E-state index is 14.8. The average molecular weight is 1090 g/mol. The van der Waals surface area contributed by atoms with E-state index in [-0.39, 0.29) is 37.0 Å². The maximum atomic E-state index is 14.8. The van der Waals surface area contributed by atoms with Crippen LogP contribution >= 0.6 is 11.6 Å². The highest BCUT2D eigenvalue weighted by Crippen LogP contribution is 2.41. The standard InChI is InChI=1S/C53H90ClFN6O14/c1-15-40-53(10,68)46(64)33(6)60(12)27-29(2)23-51(8,67)48(31(4)44(32(5)49(66)73-40)74-42-24-52(9,70-14)47(65)34(7)72-42)75-50-43(63)38(22-30(3)71-50)59(11)21-20-37-28-61(58-57-37)39(26-55)45(69-13)35-16-18-36(19-17-35)56-41(62)25-54/h16-19,28-34,38-40,42-48,50,57-58,63-65,67-68H,15,20-27H2,1-14H3,(H,56,62)/t29-,30-,31+,32-,33-,34+,38+,39-,40-,42+,43-,44+,45-,46-,47+,48-,50+,51-,52-,53-/m1/s1. The van der Waals surface area contributed by atoms with Crippen LogP contribution in [0.3, 0.4) is 0 Å². The number of carbonyl (C=O) groups is 2. The first-order valence-electron chi connectivity index (χ1n) is 26.5. The van der Waals surface area contributed by atoms with Gasteiger partial charge in [-0.1, -0.05) is 32.9 Å². The number of nitrogens with one attached hydrogen (secondary N) is 3. The summed E-state index contributed by atoms with van der Waals surface area (Å²) in [5, 5.41) is 64.1. The first-order chi connectivity index (χ1) is 35.2. The molecule has 1 aromatic rings. The second kappa shape index (κ2) is 26.9. The first kappa shape index (κ1) is 63.0. The molecule has 0 spiro atoms. The number of hydrogen-bond acceptors (Lipinski definition) is 19. The van der Waals surface area contributed by atoms with Crippen LogP contribution in [0.5, 0.6) is 0 Å². The van der Waals surface area contributed by atoms with Gasteiger partial charge in [-0.05, 0) is 105 Å². The van der Waals surface area contributed by atoms with E-state index in [1.54, 1.807) is 83.9 Å². The smallest absolute Gasteiger partial charge is 0.311 e. The zero-order valence-corrected chi connectivity index (χ0v) is 47.3. The lowest BCUT2D eigenvalue weighted by Crippen LogP contribution is -2.61. The summed E-state index contributed by atoms with van der Waals surface area (Å²) < 4.78 is 58.9. The van der Waals surface area contributed by atoms with Gasteiger partial charge in [0.25, 0.3) is 0 Å². The van der Waals surface area contributed by atoms with Gasteiger partial charge in [0, 0.05) is 75.7 Å². The Morgan fingerprint density at radius 3 is 2.28 bits per heavy atom. The van der Waals surface area contributed by atoms with E-state index in [1.807, 2.05) is 37.7 Å². The first-order valence-corrected chi connectivity index (χ1v) is 27.0. The van der Waals surface area contributed by atoms with Crippen LogP contribution in [0.25, 0.3) is 0 Å². The molecule has 75 heavy (non-hydrogen) atoms. The molecule has 0 radical (unpaired) electrons. The van der Waals surface area contributed by atoms with E-state index in [4.69, 9.17) is 44.8 Å². The summed E-state index contributed by atoms with van der Waals surface area (Å²) in [7, 11) is 6.71. The highest BCUT2D eigenvalue weighted by atomic mass is 35.5. The van der Waals surface area contributed by atoms with Crippen LogP contribution in [0.15, 0.2) is 36.2 Å². The molecule has 4 aliphatic heterocycles. The van der Waals surface area contributed by atoms with Crippen molar-refractivity contribution < 1.29 is 72.7 Å². The minimum Gasteiger partial charge on any atom is -0.459 e. The number of halogens is 2. The summed E-state index contributed by atoms with van der Waals surface area (Å²) in [5.41, 5.74) is 3.58. The SMILES string of the molecule is CC[C@H]1OC(=O)[C@H](C)[C@@H](O[C@H]2C[C@@](C)(OC)[C@@H](O)[C@H](C)O2)[C@H](C)[C@@H](O[C@@H]2O[C@H](C)C[C@H](N(C)CCC3=CN([C@H](CF)[C@H](OC)c4ccc(NC(=O)CCl)cc4)NN3)[C@H]2O)[C@](C)(O)C[C@@H](C)CN(C)[C@H](C)[C@@H](O)[C@]1(C)O. The van der Waals surface area contributed by atoms with Crippen LogP contribution in [0.1, 0.15) is 113 Å². The molecule has 4 aliphatic rings. The minimum absolute atomic E-state index is 0.0790. The Labute approximate surface area is 448 Å². The highest BCUT2D eigenvalue weighted by Gasteiger charge is 2.53. The number of aliphatic hydroxyl groups is 5. The number of alkyl halides is 2. The van der Waals surface area contributed by atoms with E-state index in [9.17, 15) is 39.5 Å². The zero-order chi connectivity index (χ0) is 55.9. The van der Waals surface area contributed by atoms with Crippen molar-refractivity contribution in [2.45, 2.75) is 204 Å². The second-order valence-corrected chi connectivity index (χ2v) is 22.7. The number of methoxy groups -OCH3 is 2. The molecule has 3 fully saturated rings. The van der Waals surface area contributed by atoms with E-state index < -0.39 is 127 Å². The molecule has 3 saturated heterocycles. The number of rotatable bonds is 17. The van der Waals surface area contributed by atoms with Crippen molar-refractivity contribution in [2.75, 3.05) is 59.3 Å². The summed E-state index contributed by atoms with van der Waals surface area (Å²) in [6, 6.07) is 5.06. The van der Waals surface area contributed by atoms with Gasteiger partial charge in [0.15, 0.2) is 12.6 Å². The number of likely N-dealkylation sites (N-methyl/N-ethyl adjacent to an activating group) is 2. The Morgan fingerprint density at radius 2 is 1.68 bits per heavy atom. The summed E-state index contributed by atoms with van der Waals surface area (Å²) in [6.07, 6.45) is -7.96. The molecule has 5 rings (SSSR count). The van der Waals surface area contributed by atoms with Gasteiger partial charge >= 0.3 is 5.97 Å². The Balaban J connectivity index is 1.42. The number of nitrogens with zero attached hydrogens (tertiary/aromatic N) is 3. The molecule has 0 unspecified atom stereocenters. The number of cyclic esters (lactones) is 1. The van der Waals surface area contributed by atoms with Crippen molar-refractivity contribution in [1.29, 1.82) is 0 Å². The lowest BCUT2D eigenvalue weighted by molar-refractivity contribution is -0.318. The molecular formula is C53H90ClFN6O14. The fourth-order valence-electron chi connectivity index (χ4n) is 11.6. The topological polar surface area (TPSA) is 246 Å². The van der Waals surface area contributed by atoms with E-state index in [2.05, 4.69) is 16.3 Å². The van der Waals surface area contributed by atoms with Crippen molar-refractivity contribution in [3.05, 3.63) is 41.7 Å². The van der Waals surface area contributed by atoms with E-state index in [0.717, 1.165) is 5.70 Å². The summed E-state index contributed by atoms with van der Waals surface area (Å²) in [5.74, 6) is -3.43. The zero-order valence-electron chi connectivity index (χ0n) is 46.6. The molecule has 1 aromatic carbocycles. The molecule has 0 saturated carbocycles. The van der Waals surface area contributed by atoms with Crippen molar-refractivity contribution in [1.82, 2.24) is 25.8 Å². The van der Waals surface area contributed by atoms with Crippen LogP contribution in [0.2, 0.25) is 0 Å². The normalized spacial score (nSPS) is 39.7. The van der Waals surface area contributed by atoms with Gasteiger partial charge in [-0.2, -0.15) is 0 Å². The van der Waals surface area contributed by atoms with E-state index >= 15 is 0 Å². The third kappa shape index (κ3) is 15.1. The minimum atomic E-state index is -1.86. The van der Waals surface area contributed by atoms with Gasteiger partial charge in [-0.25, -0.2) is 4.39 Å². The molecule has 430 valence electrons. The Bertz CT molecular complexity index is 2010. The van der Waals surface area contributed by atoms with Gasteiger partial charge in [0.2, 0.25) is 5.91 Å². The molecule has 20 atom stereocenters. The number of benzene rings is 1. The van der Waals surface area contributed by atoms with Crippen LogP contribution in [-0.2, 0) is 42.7 Å². The number of aliphatic hydroxyl groups excluding tert-OH is 3. The molecule has 1 amide bonds. The molecule has 8 N–H and O–H groups in total. The Morgan fingerprint density at radius 1 is 1.01 bits per heavy atom. The van der Waals surface area contributed by atoms with Crippen molar-refractivity contribution in [3.63, 3.8) is 0 Å². The monoisotopic (exact) mass is 1090 g/mol. The van der Waals surface area contributed by atoms with Crippen molar-refractivity contribution in [2.24, 2.45) is 17.8 Å². The van der Waals surface area contributed by atoms with E-state index in [0.29, 0.717) is 37.2 Å². The number of hydrogen-bond donors (Lipinski definition) is 8. The number of esters is 1. The van der Waals surface area contributed by atoms with Crippen molar-refractivity contribution >= 4 is 29.2 Å². The van der Waals surface area contributed by atoms with Crippen LogP contribution in [0.4, 0.5) is 10.1 Å². The quantitative estimate of drug-likeness (QED) is 0.0818. The predicted octanol–water partition coefficient (Wildman–Crippen LogP) is 3.73. The number of anilines is 1. The summed E-state index contributed by atoms with van der Waals surface area (Å²) >= 11 is 5.64. The average Bonchev–Trinajstić information content (AvgIpc) is 3.84. The van der Waals surface area contributed by atoms with Gasteiger partial charge in [-0.3, -0.25) is 14.6 Å². The third-order valence-corrected chi connectivity index (χ3v) is 16.5. The molecule has 22 heteroatoms. The highest BCUT2D eigenvalue weighted by molar-refractivity contribution is 6.29. The fourth-order valence-corrected chi connectivity index (χ4v) is 11.6. The molecule has 0 bridgehead atoms. The number of carbonyl (C=O) groups excluding carboxylic acids is 2. The third-order valence-electron chi connectivity index (χ3n) is 16.2. The Hall–Kier alpha value is -2.84. The second-order valence-electron chi connectivity index (χ2n) is 22.4. The van der Waals surface area contributed by atoms with Gasteiger partial charge in [0.05, 0.1) is 41.5 Å². The molecular weight excluding hydrogens is 999 g/mol. The van der Waals surface area contributed by atoms with E-state index in [1.165, 1.54) is 21.1 Å². The van der Waals surface area contributed by atoms with Crippen LogP contribution in [-0.4, -0.2) is 203 Å². The van der Waals surface area contributed by atoms with Crippen LogP contribution < -0.4 is 16.3 Å². The lowest BCUT2D eigenvalue weighted by Gasteiger charge is -2.49. The van der Waals surface area contributed by atoms with Gasteiger partial charge < -0.3 is 79.2 Å². The molecule has 0 aromatic heterocycles. The maximum Gasteiger partial charge on any atom is 0.311 e. The van der Waals surface area contributed by atoms with Crippen molar-refractivity contribution in [3.8, 4) is 0 Å². The fraction of sp³-hybridized carbons (Fsp3) is 0.811. The number of amides is 1. The number of ether oxygens (including phenoxy) is 7. The van der Waals surface area contributed by atoms with Gasteiger partial charge in [-0.15, -0.1) is 17.1 Å². The lowest BCUT2D eigenvalue weighted by atomic mass is 9.77. The molecule has 4 heterocycles. The predicted molar refractivity (Wildman–Crippen MR) is 279 cm³/mol. The molecule has 0 aliphatic carbocycles. The number of hydrazine groups is 2. The Kier molecular flexibility index (Phi) is 22.6. The van der Waals surface area contributed by atoms with Crippen LogP contribution in [0, 0.1) is 17.8 Å². The summed E-state index contributed by atoms with van der Waals surface area (Å²) in [6.45, 7) is 17.5. The molecule has 20 nitrogen and oxygen atoms in total.